The second kappa shape index (κ2) is 7.90. The van der Waals surface area contributed by atoms with Gasteiger partial charge in [0.15, 0.2) is 0 Å². The fourth-order valence-corrected chi connectivity index (χ4v) is 2.61. The summed E-state index contributed by atoms with van der Waals surface area (Å²) in [5.41, 5.74) is 3.06. The Bertz CT molecular complexity index is 446. The van der Waals surface area contributed by atoms with Gasteiger partial charge in [-0.2, -0.15) is 0 Å². The highest BCUT2D eigenvalue weighted by molar-refractivity contribution is 5.97. The van der Waals surface area contributed by atoms with Crippen LogP contribution in [-0.4, -0.2) is 30.7 Å². The molecule has 1 heterocycles. The molecule has 0 saturated heterocycles. The maximum absolute atomic E-state index is 12.2. The Morgan fingerprint density at radius 3 is 2.95 bits per heavy atom. The van der Waals surface area contributed by atoms with Gasteiger partial charge in [0.25, 0.3) is 5.91 Å². The second-order valence-electron chi connectivity index (χ2n) is 5.26. The maximum atomic E-state index is 12.2. The van der Waals surface area contributed by atoms with Gasteiger partial charge in [-0.05, 0) is 43.4 Å². The minimum absolute atomic E-state index is 0.0349. The van der Waals surface area contributed by atoms with Crippen LogP contribution in [0.2, 0.25) is 0 Å². The van der Waals surface area contributed by atoms with Crippen molar-refractivity contribution in [3.05, 3.63) is 29.3 Å². The number of hydrogen-bond donors (Lipinski definition) is 3. The molecule has 0 aromatic heterocycles. The monoisotopic (exact) mass is 276 g/mol. The van der Waals surface area contributed by atoms with Gasteiger partial charge in [0.05, 0.1) is 0 Å². The van der Waals surface area contributed by atoms with Crippen LogP contribution in [0.15, 0.2) is 18.2 Å². The van der Waals surface area contributed by atoms with E-state index >= 15 is 0 Å². The molecule has 1 aliphatic heterocycles. The van der Waals surface area contributed by atoms with Crippen LogP contribution in [-0.2, 0) is 6.42 Å². The predicted molar refractivity (Wildman–Crippen MR) is 81.1 cm³/mol. The van der Waals surface area contributed by atoms with Gasteiger partial charge in [0, 0.05) is 30.9 Å². The number of amides is 1. The molecule has 110 valence electrons. The molecule has 0 unspecified atom stereocenters. The summed E-state index contributed by atoms with van der Waals surface area (Å²) in [5.74, 6) is 0.0349. The van der Waals surface area contributed by atoms with E-state index < -0.39 is 0 Å². The Balaban J connectivity index is 1.83. The third-order valence-corrected chi connectivity index (χ3v) is 3.71. The number of unbranched alkanes of at least 4 members (excludes halogenated alkanes) is 3. The van der Waals surface area contributed by atoms with Crippen molar-refractivity contribution < 1.29 is 9.90 Å². The lowest BCUT2D eigenvalue weighted by molar-refractivity contribution is 0.0952. The standard InChI is InChI=1S/C16H24N2O2/c19-12-4-2-1-3-10-18-16(20)14-7-5-9-15-13(14)8-6-11-17-15/h5,7,9,17,19H,1-4,6,8,10-12H2,(H,18,20). The van der Waals surface area contributed by atoms with Gasteiger partial charge in [-0.25, -0.2) is 0 Å². The molecule has 4 heteroatoms. The Labute approximate surface area is 120 Å². The molecule has 0 bridgehead atoms. The van der Waals surface area contributed by atoms with Crippen LogP contribution in [0.3, 0.4) is 0 Å². The topological polar surface area (TPSA) is 61.4 Å². The number of rotatable bonds is 7. The van der Waals surface area contributed by atoms with Gasteiger partial charge in [-0.3, -0.25) is 4.79 Å². The van der Waals surface area contributed by atoms with Crippen molar-refractivity contribution >= 4 is 11.6 Å². The van der Waals surface area contributed by atoms with E-state index in [2.05, 4.69) is 10.6 Å². The van der Waals surface area contributed by atoms with Gasteiger partial charge >= 0.3 is 0 Å². The fourth-order valence-electron chi connectivity index (χ4n) is 2.61. The Kier molecular flexibility index (Phi) is 5.87. The fraction of sp³-hybridized carbons (Fsp3) is 0.562. The first kappa shape index (κ1) is 14.9. The van der Waals surface area contributed by atoms with E-state index in [1.807, 2.05) is 18.2 Å². The number of carbonyl (C=O) groups is 1. The van der Waals surface area contributed by atoms with Crippen molar-refractivity contribution in [2.45, 2.75) is 38.5 Å². The van der Waals surface area contributed by atoms with Crippen molar-refractivity contribution in [2.24, 2.45) is 0 Å². The molecule has 0 spiro atoms. The summed E-state index contributed by atoms with van der Waals surface area (Å²) in [4.78, 5) is 12.2. The molecule has 20 heavy (non-hydrogen) atoms. The third-order valence-electron chi connectivity index (χ3n) is 3.71. The number of aliphatic hydroxyl groups is 1. The van der Waals surface area contributed by atoms with Gasteiger partial charge in [0.1, 0.15) is 0 Å². The molecule has 2 rings (SSSR count). The average Bonchev–Trinajstić information content (AvgIpc) is 2.50. The second-order valence-corrected chi connectivity index (χ2v) is 5.26. The maximum Gasteiger partial charge on any atom is 0.251 e. The van der Waals surface area contributed by atoms with Crippen LogP contribution in [0.25, 0.3) is 0 Å². The number of fused-ring (bicyclic) bond motifs is 1. The summed E-state index contributed by atoms with van der Waals surface area (Å²) >= 11 is 0. The molecule has 1 aliphatic rings. The van der Waals surface area contributed by atoms with Crippen LogP contribution in [0, 0.1) is 0 Å². The first-order valence-electron chi connectivity index (χ1n) is 7.58. The number of nitrogens with one attached hydrogen (secondary N) is 2. The summed E-state index contributed by atoms with van der Waals surface area (Å²) in [7, 11) is 0. The number of anilines is 1. The molecule has 3 N–H and O–H groups in total. The van der Waals surface area contributed by atoms with Crippen molar-refractivity contribution in [3.8, 4) is 0 Å². The molecular weight excluding hydrogens is 252 g/mol. The highest BCUT2D eigenvalue weighted by Crippen LogP contribution is 2.25. The van der Waals surface area contributed by atoms with E-state index in [4.69, 9.17) is 5.11 Å². The van der Waals surface area contributed by atoms with Crippen LogP contribution < -0.4 is 10.6 Å². The molecule has 1 amide bonds. The molecule has 0 saturated carbocycles. The first-order valence-corrected chi connectivity index (χ1v) is 7.58. The summed E-state index contributed by atoms with van der Waals surface area (Å²) in [6.45, 7) is 1.96. The third kappa shape index (κ3) is 3.97. The molecule has 0 aliphatic carbocycles. The Hall–Kier alpha value is -1.55. The SMILES string of the molecule is O=C(NCCCCCCO)c1cccc2c1CCCN2. The zero-order valence-corrected chi connectivity index (χ0v) is 12.0. The van der Waals surface area contributed by atoms with E-state index in [1.165, 1.54) is 0 Å². The molecule has 1 aromatic carbocycles. The predicted octanol–water partition coefficient (Wildman–Crippen LogP) is 2.33. The number of benzene rings is 1. The van der Waals surface area contributed by atoms with Crippen LogP contribution in [0.5, 0.6) is 0 Å². The zero-order chi connectivity index (χ0) is 14.2. The lowest BCUT2D eigenvalue weighted by Crippen LogP contribution is -2.27. The molecule has 4 nitrogen and oxygen atoms in total. The molecule has 0 radical (unpaired) electrons. The zero-order valence-electron chi connectivity index (χ0n) is 12.0. The van der Waals surface area contributed by atoms with Crippen molar-refractivity contribution in [1.82, 2.24) is 5.32 Å². The van der Waals surface area contributed by atoms with Gasteiger partial charge in [-0.1, -0.05) is 18.9 Å². The summed E-state index contributed by atoms with van der Waals surface area (Å²) in [5, 5.41) is 15.0. The van der Waals surface area contributed by atoms with Crippen molar-refractivity contribution in [3.63, 3.8) is 0 Å². The minimum Gasteiger partial charge on any atom is -0.396 e. The summed E-state index contributed by atoms with van der Waals surface area (Å²) < 4.78 is 0. The lowest BCUT2D eigenvalue weighted by Gasteiger charge is -2.20. The highest BCUT2D eigenvalue weighted by Gasteiger charge is 2.16. The first-order chi connectivity index (χ1) is 9.83. The number of carbonyl (C=O) groups excluding carboxylic acids is 1. The molecular formula is C16H24N2O2. The van der Waals surface area contributed by atoms with Crippen LogP contribution >= 0.6 is 0 Å². The van der Waals surface area contributed by atoms with Gasteiger partial charge in [-0.15, -0.1) is 0 Å². The lowest BCUT2D eigenvalue weighted by atomic mass is 9.97. The molecule has 0 fully saturated rings. The number of hydrogen-bond acceptors (Lipinski definition) is 3. The van der Waals surface area contributed by atoms with Crippen LogP contribution in [0.1, 0.15) is 48.0 Å². The quantitative estimate of drug-likeness (QED) is 0.670. The smallest absolute Gasteiger partial charge is 0.251 e. The minimum atomic E-state index is 0.0349. The van der Waals surface area contributed by atoms with Crippen molar-refractivity contribution in [2.75, 3.05) is 25.0 Å². The van der Waals surface area contributed by atoms with E-state index in [1.54, 1.807) is 0 Å². The molecule has 1 aromatic rings. The average molecular weight is 276 g/mol. The molecule has 0 atom stereocenters. The number of aliphatic hydroxyl groups excluding tert-OH is 1. The Morgan fingerprint density at radius 1 is 1.25 bits per heavy atom. The van der Waals surface area contributed by atoms with Crippen LogP contribution in [0.4, 0.5) is 5.69 Å². The van der Waals surface area contributed by atoms with E-state index in [0.717, 1.165) is 61.9 Å². The highest BCUT2D eigenvalue weighted by atomic mass is 16.2. The summed E-state index contributed by atoms with van der Waals surface area (Å²) in [6.07, 6.45) is 5.96. The Morgan fingerprint density at radius 2 is 2.10 bits per heavy atom. The van der Waals surface area contributed by atoms with E-state index in [-0.39, 0.29) is 12.5 Å². The normalized spacial score (nSPS) is 13.4. The van der Waals surface area contributed by atoms with Gasteiger partial charge in [0.2, 0.25) is 0 Å². The van der Waals surface area contributed by atoms with Gasteiger partial charge < -0.3 is 15.7 Å². The summed E-state index contributed by atoms with van der Waals surface area (Å²) in [6, 6.07) is 5.89. The largest absolute Gasteiger partial charge is 0.396 e. The van der Waals surface area contributed by atoms with E-state index in [9.17, 15) is 4.79 Å². The van der Waals surface area contributed by atoms with E-state index in [0.29, 0.717) is 6.54 Å². The van der Waals surface area contributed by atoms with Crippen molar-refractivity contribution in [1.29, 1.82) is 0 Å².